The maximum atomic E-state index is 11.2. The van der Waals surface area contributed by atoms with Crippen molar-refractivity contribution in [3.8, 4) is 0 Å². The van der Waals surface area contributed by atoms with Gasteiger partial charge in [0.1, 0.15) is 0 Å². The second kappa shape index (κ2) is 5.81. The van der Waals surface area contributed by atoms with Crippen LogP contribution in [0.1, 0.15) is 78.1 Å². The van der Waals surface area contributed by atoms with Crippen molar-refractivity contribution in [1.29, 1.82) is 0 Å². The van der Waals surface area contributed by atoms with E-state index in [2.05, 4.69) is 13.8 Å². The van der Waals surface area contributed by atoms with Crippen molar-refractivity contribution in [3.63, 3.8) is 0 Å². The summed E-state index contributed by atoms with van der Waals surface area (Å²) in [6, 6.07) is 0. The van der Waals surface area contributed by atoms with Gasteiger partial charge in [0.05, 0.1) is 6.10 Å². The Balaban J connectivity index is 1.51. The van der Waals surface area contributed by atoms with E-state index in [-0.39, 0.29) is 6.10 Å². The van der Waals surface area contributed by atoms with E-state index >= 15 is 0 Å². The normalized spacial score (nSPS) is 51.6. The van der Waals surface area contributed by atoms with Gasteiger partial charge in [-0.05, 0) is 92.3 Å². The van der Waals surface area contributed by atoms with Crippen LogP contribution in [-0.2, 0) is 9.09 Å². The second-order valence-corrected chi connectivity index (χ2v) is 10.9. The molecule has 0 saturated heterocycles. The van der Waals surface area contributed by atoms with Crippen LogP contribution in [0.5, 0.6) is 0 Å². The molecular weight excluding hydrogens is 323 g/mol. The van der Waals surface area contributed by atoms with Crippen LogP contribution in [0.3, 0.4) is 0 Å². The van der Waals surface area contributed by atoms with E-state index in [9.17, 15) is 4.57 Å². The van der Waals surface area contributed by atoms with Gasteiger partial charge < -0.3 is 9.79 Å². The van der Waals surface area contributed by atoms with Crippen LogP contribution in [0.2, 0.25) is 0 Å². The molecular formula is C19H33O4P. The van der Waals surface area contributed by atoms with Crippen LogP contribution in [0.15, 0.2) is 0 Å². The summed E-state index contributed by atoms with van der Waals surface area (Å²) in [5.74, 6) is 3.23. The Morgan fingerprint density at radius 1 is 0.958 bits per heavy atom. The molecule has 4 aliphatic carbocycles. The van der Waals surface area contributed by atoms with Crippen LogP contribution in [0.25, 0.3) is 0 Å². The first-order valence-corrected chi connectivity index (χ1v) is 11.5. The molecule has 0 spiro atoms. The van der Waals surface area contributed by atoms with Crippen molar-refractivity contribution >= 4 is 7.82 Å². The number of hydrogen-bond acceptors (Lipinski definition) is 2. The van der Waals surface area contributed by atoms with Gasteiger partial charge in [0.15, 0.2) is 0 Å². The third-order valence-corrected chi connectivity index (χ3v) is 9.26. The minimum atomic E-state index is -4.36. The summed E-state index contributed by atoms with van der Waals surface area (Å²) in [5, 5.41) is 0. The summed E-state index contributed by atoms with van der Waals surface area (Å²) in [6.07, 6.45) is 12.1. The first kappa shape index (κ1) is 17.5. The monoisotopic (exact) mass is 356 g/mol. The molecule has 0 aliphatic heterocycles. The van der Waals surface area contributed by atoms with E-state index in [1.54, 1.807) is 0 Å². The molecule has 0 aromatic rings. The molecule has 2 N–H and O–H groups in total. The molecule has 2 unspecified atom stereocenters. The zero-order valence-corrected chi connectivity index (χ0v) is 16.0. The van der Waals surface area contributed by atoms with Gasteiger partial charge in [-0.2, -0.15) is 0 Å². The van der Waals surface area contributed by atoms with Crippen molar-refractivity contribution in [2.24, 2.45) is 34.5 Å². The highest BCUT2D eigenvalue weighted by Gasteiger charge is 2.58. The molecule has 138 valence electrons. The van der Waals surface area contributed by atoms with Crippen molar-refractivity contribution in [2.45, 2.75) is 84.2 Å². The number of phosphoric ester groups is 1. The van der Waals surface area contributed by atoms with E-state index in [1.165, 1.54) is 44.9 Å². The highest BCUT2D eigenvalue weighted by Crippen LogP contribution is 2.66. The standard InChI is InChI=1S/C19H33O4P/c1-18-9-3-4-16(18)15-6-5-13-12-14(23-24(20,21)22)7-11-19(13,2)17(15)8-10-18/h13-17H,3-12H2,1-2H3,(H2,20,21,22)/t13?,14?,15-,16-,17-,18-,19-/m0/s1. The van der Waals surface area contributed by atoms with Crippen molar-refractivity contribution in [1.82, 2.24) is 0 Å². The topological polar surface area (TPSA) is 66.8 Å². The summed E-state index contributed by atoms with van der Waals surface area (Å²) >= 11 is 0. The Kier molecular flexibility index (Phi) is 4.24. The molecule has 0 aromatic heterocycles. The highest BCUT2D eigenvalue weighted by molar-refractivity contribution is 7.46. The van der Waals surface area contributed by atoms with Crippen LogP contribution >= 0.6 is 7.82 Å². The van der Waals surface area contributed by atoms with Crippen LogP contribution < -0.4 is 0 Å². The number of hydrogen-bond donors (Lipinski definition) is 2. The molecule has 7 atom stereocenters. The van der Waals surface area contributed by atoms with E-state index in [4.69, 9.17) is 14.3 Å². The maximum Gasteiger partial charge on any atom is 0.469 e. The molecule has 0 aromatic carbocycles. The number of rotatable bonds is 2. The van der Waals surface area contributed by atoms with Crippen molar-refractivity contribution < 1.29 is 18.9 Å². The minimum absolute atomic E-state index is 0.249. The van der Waals surface area contributed by atoms with Gasteiger partial charge in [-0.3, -0.25) is 4.52 Å². The summed E-state index contributed by atoms with van der Waals surface area (Å²) in [7, 11) is -4.36. The van der Waals surface area contributed by atoms with Crippen molar-refractivity contribution in [3.05, 3.63) is 0 Å². The molecule has 4 rings (SSSR count). The molecule has 0 amide bonds. The summed E-state index contributed by atoms with van der Waals surface area (Å²) < 4.78 is 16.3. The van der Waals surface area contributed by atoms with Gasteiger partial charge in [0, 0.05) is 0 Å². The largest absolute Gasteiger partial charge is 0.469 e. The third kappa shape index (κ3) is 2.82. The SMILES string of the molecule is C[C@@]12CCC[C@H]1[C@@H]1CCC3CC(OP(=O)(O)O)CC[C@]3(C)[C@H]1CC2. The van der Waals surface area contributed by atoms with Crippen LogP contribution in [-0.4, -0.2) is 15.9 Å². The predicted octanol–water partition coefficient (Wildman–Crippen LogP) is 4.90. The Morgan fingerprint density at radius 3 is 2.50 bits per heavy atom. The van der Waals surface area contributed by atoms with E-state index < -0.39 is 7.82 Å². The van der Waals surface area contributed by atoms with Gasteiger partial charge >= 0.3 is 7.82 Å². The van der Waals surface area contributed by atoms with Gasteiger partial charge in [-0.1, -0.05) is 20.3 Å². The minimum Gasteiger partial charge on any atom is -0.303 e. The van der Waals surface area contributed by atoms with Gasteiger partial charge in [-0.25, -0.2) is 4.57 Å². The average molecular weight is 356 g/mol. The quantitative estimate of drug-likeness (QED) is 0.691. The van der Waals surface area contributed by atoms with E-state index in [0.29, 0.717) is 16.7 Å². The third-order valence-electron chi connectivity index (χ3n) is 8.69. The molecule has 24 heavy (non-hydrogen) atoms. The summed E-state index contributed by atoms with van der Waals surface area (Å²) in [5.41, 5.74) is 0.965. The summed E-state index contributed by atoms with van der Waals surface area (Å²) in [4.78, 5) is 18.3. The maximum absolute atomic E-state index is 11.2. The molecule has 4 nitrogen and oxygen atoms in total. The summed E-state index contributed by atoms with van der Waals surface area (Å²) in [6.45, 7) is 5.03. The molecule has 4 saturated carbocycles. The Morgan fingerprint density at radius 2 is 1.75 bits per heavy atom. The van der Waals surface area contributed by atoms with Crippen LogP contribution in [0, 0.1) is 34.5 Å². The van der Waals surface area contributed by atoms with E-state index in [1.807, 2.05) is 0 Å². The zero-order valence-electron chi connectivity index (χ0n) is 15.1. The number of phosphoric acid groups is 1. The Hall–Kier alpha value is 0.110. The number of fused-ring (bicyclic) bond motifs is 5. The van der Waals surface area contributed by atoms with Gasteiger partial charge in [0.2, 0.25) is 0 Å². The molecule has 0 radical (unpaired) electrons. The van der Waals surface area contributed by atoms with E-state index in [0.717, 1.165) is 37.0 Å². The zero-order chi connectivity index (χ0) is 17.2. The van der Waals surface area contributed by atoms with Crippen molar-refractivity contribution in [2.75, 3.05) is 0 Å². The molecule has 0 heterocycles. The fourth-order valence-corrected chi connectivity index (χ4v) is 8.08. The lowest BCUT2D eigenvalue weighted by Gasteiger charge is -2.60. The second-order valence-electron chi connectivity index (χ2n) is 9.73. The fourth-order valence-electron chi connectivity index (χ4n) is 7.50. The molecule has 4 fully saturated rings. The lowest BCUT2D eigenvalue weighted by molar-refractivity contribution is -0.119. The first-order valence-electron chi connectivity index (χ1n) is 9.95. The highest BCUT2D eigenvalue weighted by atomic mass is 31.2. The Bertz CT molecular complexity index is 545. The first-order chi connectivity index (χ1) is 11.2. The van der Waals surface area contributed by atoms with Crippen LogP contribution in [0.4, 0.5) is 0 Å². The lowest BCUT2D eigenvalue weighted by Crippen LogP contribution is -2.53. The lowest BCUT2D eigenvalue weighted by atomic mass is 9.45. The Labute approximate surface area is 146 Å². The molecule has 0 bridgehead atoms. The average Bonchev–Trinajstić information content (AvgIpc) is 2.88. The molecule has 5 heteroatoms. The predicted molar refractivity (Wildman–Crippen MR) is 93.3 cm³/mol. The fraction of sp³-hybridized carbons (Fsp3) is 1.00. The molecule has 4 aliphatic rings. The smallest absolute Gasteiger partial charge is 0.303 e. The van der Waals surface area contributed by atoms with Gasteiger partial charge in [0.25, 0.3) is 0 Å². The van der Waals surface area contributed by atoms with Gasteiger partial charge in [-0.15, -0.1) is 0 Å².